The maximum absolute atomic E-state index is 13.2. The van der Waals surface area contributed by atoms with Crippen LogP contribution in [0.4, 0.5) is 5.69 Å². The molecule has 0 aliphatic carbocycles. The van der Waals surface area contributed by atoms with Crippen LogP contribution >= 0.6 is 0 Å². The number of hydrogen-bond acceptors (Lipinski definition) is 6. The molecule has 2 heterocycles. The summed E-state index contributed by atoms with van der Waals surface area (Å²) in [6, 6.07) is 17.0. The van der Waals surface area contributed by atoms with Gasteiger partial charge in [-0.3, -0.25) is 24.0 Å². The van der Waals surface area contributed by atoms with Crippen molar-refractivity contribution in [1.29, 1.82) is 0 Å². The second kappa shape index (κ2) is 11.4. The lowest BCUT2D eigenvalue weighted by molar-refractivity contribution is -0.136. The Morgan fingerprint density at radius 3 is 2.44 bits per heavy atom. The van der Waals surface area contributed by atoms with Crippen LogP contribution in [0.5, 0.6) is 0 Å². The molecule has 0 aliphatic heterocycles. The van der Waals surface area contributed by atoms with E-state index in [2.05, 4.69) is 19.8 Å². The maximum atomic E-state index is 13.2. The highest BCUT2D eigenvalue weighted by atomic mass is 32.2. The van der Waals surface area contributed by atoms with Crippen molar-refractivity contribution in [2.24, 2.45) is 11.4 Å². The van der Waals surface area contributed by atoms with Crippen LogP contribution in [-0.4, -0.2) is 48.1 Å². The van der Waals surface area contributed by atoms with Gasteiger partial charge in [0, 0.05) is 48.3 Å². The van der Waals surface area contributed by atoms with Gasteiger partial charge in [0.1, 0.15) is 5.69 Å². The van der Waals surface area contributed by atoms with Crippen molar-refractivity contribution < 1.29 is 23.7 Å². The third-order valence-electron chi connectivity index (χ3n) is 5.92. The number of carbonyl (C=O) groups is 3. The van der Waals surface area contributed by atoms with Crippen LogP contribution in [0.3, 0.4) is 0 Å². The summed E-state index contributed by atoms with van der Waals surface area (Å²) in [6.07, 6.45) is 4.66. The molecule has 2 amide bonds. The number of carbonyl (C=O) groups excluding carboxylic acids is 2. The number of aromatic nitrogens is 3. The molecule has 0 spiro atoms. The summed E-state index contributed by atoms with van der Waals surface area (Å²) in [5.41, 5.74) is 4.00. The molecule has 39 heavy (non-hydrogen) atoms. The Morgan fingerprint density at radius 1 is 1.03 bits per heavy atom. The number of rotatable bonds is 8. The highest BCUT2D eigenvalue weighted by Gasteiger charge is 2.15. The van der Waals surface area contributed by atoms with Gasteiger partial charge in [-0.05, 0) is 60.9 Å². The van der Waals surface area contributed by atoms with Crippen LogP contribution in [-0.2, 0) is 28.0 Å². The first-order valence-corrected chi connectivity index (χ1v) is 13.9. The van der Waals surface area contributed by atoms with E-state index in [4.69, 9.17) is 5.11 Å². The van der Waals surface area contributed by atoms with E-state index in [0.717, 1.165) is 11.3 Å². The second-order valence-electron chi connectivity index (χ2n) is 9.03. The van der Waals surface area contributed by atoms with E-state index < -0.39 is 21.6 Å². The van der Waals surface area contributed by atoms with Gasteiger partial charge in [0.05, 0.1) is 21.0 Å². The van der Waals surface area contributed by atoms with Crippen LogP contribution in [0.1, 0.15) is 38.5 Å². The average Bonchev–Trinajstić information content (AvgIpc) is 3.25. The van der Waals surface area contributed by atoms with Crippen molar-refractivity contribution in [3.05, 3.63) is 95.6 Å². The number of carboxylic acid groups (broad SMARTS) is 1. The van der Waals surface area contributed by atoms with Gasteiger partial charge in [-0.2, -0.15) is 9.46 Å². The van der Waals surface area contributed by atoms with Gasteiger partial charge in [-0.25, -0.2) is 4.21 Å². The molecule has 10 nitrogen and oxygen atoms in total. The third kappa shape index (κ3) is 6.82. The molecule has 4 aromatic rings. The molecular formula is C28H27N5O5S. The summed E-state index contributed by atoms with van der Waals surface area (Å²) in [7, 11) is -1.36. The number of hydrogen-bond donors (Lipinski definition) is 2. The number of amides is 2. The summed E-state index contributed by atoms with van der Waals surface area (Å²) < 4.78 is 18.7. The van der Waals surface area contributed by atoms with Gasteiger partial charge in [-0.1, -0.05) is 24.3 Å². The lowest BCUT2D eigenvalue weighted by Crippen LogP contribution is -2.16. The first-order chi connectivity index (χ1) is 18.5. The third-order valence-corrected chi connectivity index (χ3v) is 7.58. The fourth-order valence-corrected chi connectivity index (χ4v) is 5.10. The lowest BCUT2D eigenvalue weighted by atomic mass is 10.1. The fourth-order valence-electron chi connectivity index (χ4n) is 3.93. The van der Waals surface area contributed by atoms with Crippen molar-refractivity contribution in [3.8, 4) is 11.1 Å². The molecule has 2 aromatic heterocycles. The highest BCUT2D eigenvalue weighted by molar-refractivity contribution is 7.93. The SMILES string of the molecule is Cc1cc(C(=O)Nc2cccc(-c3cncc(C(=O)N=S(C)(=O)c4ccc(CCC(=O)O)cc4)c3)c2)n(C)n1. The first kappa shape index (κ1) is 27.4. The molecule has 4 rings (SSSR count). The molecule has 0 aliphatic rings. The zero-order valence-electron chi connectivity index (χ0n) is 21.6. The van der Waals surface area contributed by atoms with Gasteiger partial charge in [-0.15, -0.1) is 0 Å². The lowest BCUT2D eigenvalue weighted by Gasteiger charge is -2.09. The number of benzene rings is 2. The van der Waals surface area contributed by atoms with Crippen molar-refractivity contribution >= 4 is 33.2 Å². The Hall–Kier alpha value is -4.64. The number of pyridine rings is 1. The predicted octanol–water partition coefficient (Wildman–Crippen LogP) is 4.36. The molecule has 1 atom stereocenters. The van der Waals surface area contributed by atoms with E-state index in [0.29, 0.717) is 33.8 Å². The summed E-state index contributed by atoms with van der Waals surface area (Å²) in [6.45, 7) is 1.81. The number of nitrogens with zero attached hydrogens (tertiary/aromatic N) is 4. The summed E-state index contributed by atoms with van der Waals surface area (Å²) in [4.78, 5) is 40.9. The minimum atomic E-state index is -3.05. The number of carboxylic acids is 1. The largest absolute Gasteiger partial charge is 0.481 e. The molecule has 0 radical (unpaired) electrons. The number of nitrogens with one attached hydrogen (secondary N) is 1. The zero-order chi connectivity index (χ0) is 28.2. The molecule has 2 N–H and O–H groups in total. The molecule has 200 valence electrons. The van der Waals surface area contributed by atoms with Crippen LogP contribution in [0, 0.1) is 6.92 Å². The van der Waals surface area contributed by atoms with Gasteiger partial charge in [0.25, 0.3) is 11.8 Å². The Kier molecular flexibility index (Phi) is 8.01. The van der Waals surface area contributed by atoms with Crippen LogP contribution in [0.2, 0.25) is 0 Å². The normalized spacial score (nSPS) is 12.4. The Balaban J connectivity index is 1.53. The van der Waals surface area contributed by atoms with E-state index in [9.17, 15) is 18.6 Å². The second-order valence-corrected chi connectivity index (χ2v) is 11.3. The number of aryl methyl sites for hydroxylation is 3. The maximum Gasteiger partial charge on any atom is 0.303 e. The fraction of sp³-hybridized carbons (Fsp3) is 0.179. The number of anilines is 1. The average molecular weight is 546 g/mol. The van der Waals surface area contributed by atoms with Crippen LogP contribution in [0.25, 0.3) is 11.1 Å². The van der Waals surface area contributed by atoms with Gasteiger partial charge in [0.2, 0.25) is 0 Å². The summed E-state index contributed by atoms with van der Waals surface area (Å²) >= 11 is 0. The standard InChI is InChI=1S/C28H27N5O5S/c1-18-13-25(33(2)31-18)28(37)30-23-6-4-5-20(15-23)21-14-22(17-29-16-21)27(36)32-39(3,38)24-10-7-19(8-11-24)9-12-26(34)35/h4-8,10-11,13-17H,9,12H2,1-3H3,(H,30,37)(H,34,35). The monoisotopic (exact) mass is 545 g/mol. The van der Waals surface area contributed by atoms with Gasteiger partial charge < -0.3 is 10.4 Å². The van der Waals surface area contributed by atoms with Crippen molar-refractivity contribution in [1.82, 2.24) is 14.8 Å². The molecule has 11 heteroatoms. The zero-order valence-corrected chi connectivity index (χ0v) is 22.4. The topological polar surface area (TPSA) is 144 Å². The van der Waals surface area contributed by atoms with E-state index in [1.54, 1.807) is 67.8 Å². The summed E-state index contributed by atoms with van der Waals surface area (Å²) in [5.74, 6) is -1.88. The molecule has 0 bridgehead atoms. The van der Waals surface area contributed by atoms with Crippen LogP contribution in [0.15, 0.2) is 82.3 Å². The van der Waals surface area contributed by atoms with Crippen LogP contribution < -0.4 is 5.32 Å². The van der Waals surface area contributed by atoms with E-state index in [1.165, 1.54) is 17.1 Å². The highest BCUT2D eigenvalue weighted by Crippen LogP contribution is 2.24. The van der Waals surface area contributed by atoms with Crippen molar-refractivity contribution in [3.63, 3.8) is 0 Å². The molecular weight excluding hydrogens is 518 g/mol. The quantitative estimate of drug-likeness (QED) is 0.335. The molecule has 1 unspecified atom stereocenters. The van der Waals surface area contributed by atoms with Crippen molar-refractivity contribution in [2.45, 2.75) is 24.7 Å². The van der Waals surface area contributed by atoms with E-state index >= 15 is 0 Å². The first-order valence-electron chi connectivity index (χ1n) is 12.0. The van der Waals surface area contributed by atoms with Gasteiger partial charge in [0.15, 0.2) is 0 Å². The van der Waals surface area contributed by atoms with E-state index in [-0.39, 0.29) is 17.9 Å². The molecule has 0 saturated heterocycles. The van der Waals surface area contributed by atoms with Gasteiger partial charge >= 0.3 is 5.97 Å². The smallest absolute Gasteiger partial charge is 0.303 e. The Morgan fingerprint density at radius 2 is 1.77 bits per heavy atom. The molecule has 2 aromatic carbocycles. The predicted molar refractivity (Wildman–Crippen MR) is 147 cm³/mol. The minimum Gasteiger partial charge on any atom is -0.481 e. The summed E-state index contributed by atoms with van der Waals surface area (Å²) in [5, 5.41) is 15.9. The number of aliphatic carboxylic acids is 1. The molecule has 0 saturated carbocycles. The Bertz CT molecular complexity index is 1680. The minimum absolute atomic E-state index is 0.00753. The van der Waals surface area contributed by atoms with E-state index in [1.807, 2.05) is 13.0 Å². The van der Waals surface area contributed by atoms with Crippen molar-refractivity contribution in [2.75, 3.05) is 11.6 Å². The molecule has 0 fully saturated rings. The Labute approximate surface area is 225 Å².